The SMILES string of the molecule is CN(c1ccc(C(F)(F)F)cn1)C1CCN(C(=O)O)C1C1[C@@H]2CC3C[C@H]1CC(C(N)=O)(C3)C2. The van der Waals surface area contributed by atoms with Crippen molar-refractivity contribution in [1.29, 1.82) is 0 Å². The van der Waals surface area contributed by atoms with E-state index in [1.807, 2.05) is 4.90 Å². The summed E-state index contributed by atoms with van der Waals surface area (Å²) in [7, 11) is 1.78. The monoisotopic (exact) mass is 466 g/mol. The fourth-order valence-corrected chi connectivity index (χ4v) is 7.76. The van der Waals surface area contributed by atoms with Crippen molar-refractivity contribution < 1.29 is 27.9 Å². The molecule has 0 aromatic carbocycles. The van der Waals surface area contributed by atoms with Crippen molar-refractivity contribution >= 4 is 17.8 Å². The Labute approximate surface area is 190 Å². The minimum Gasteiger partial charge on any atom is -0.465 e. The van der Waals surface area contributed by atoms with Crippen LogP contribution in [0.5, 0.6) is 0 Å². The number of likely N-dealkylation sites (tertiary alicyclic amines) is 1. The van der Waals surface area contributed by atoms with Crippen molar-refractivity contribution in [2.45, 2.75) is 56.8 Å². The average Bonchev–Trinajstić information content (AvgIpc) is 3.17. The molecule has 4 bridgehead atoms. The van der Waals surface area contributed by atoms with Gasteiger partial charge in [-0.1, -0.05) is 0 Å². The van der Waals surface area contributed by atoms with E-state index in [1.54, 1.807) is 7.05 Å². The van der Waals surface area contributed by atoms with Crippen LogP contribution in [0, 0.1) is 29.1 Å². The second kappa shape index (κ2) is 7.50. The van der Waals surface area contributed by atoms with E-state index in [1.165, 1.54) is 11.0 Å². The number of hydrogen-bond donors (Lipinski definition) is 2. The van der Waals surface area contributed by atoms with Crippen LogP contribution in [0.25, 0.3) is 0 Å². The molecule has 180 valence electrons. The molecule has 5 aliphatic rings. The lowest BCUT2D eigenvalue weighted by atomic mass is 9.44. The van der Waals surface area contributed by atoms with E-state index in [0.29, 0.717) is 37.5 Å². The highest BCUT2D eigenvalue weighted by Crippen LogP contribution is 2.64. The molecule has 7 atom stereocenters. The molecule has 1 aromatic rings. The average molecular weight is 467 g/mol. The van der Waals surface area contributed by atoms with Gasteiger partial charge in [0.25, 0.3) is 0 Å². The molecule has 5 unspecified atom stereocenters. The topological polar surface area (TPSA) is 99.8 Å². The van der Waals surface area contributed by atoms with Gasteiger partial charge in [0.15, 0.2) is 0 Å². The van der Waals surface area contributed by atoms with Crippen LogP contribution in [0.3, 0.4) is 0 Å². The van der Waals surface area contributed by atoms with Crippen molar-refractivity contribution in [3.63, 3.8) is 0 Å². The Hall–Kier alpha value is -2.52. The van der Waals surface area contributed by atoms with Gasteiger partial charge in [-0.05, 0) is 74.3 Å². The number of carbonyl (C=O) groups excluding carboxylic acids is 1. The lowest BCUT2D eigenvalue weighted by Crippen LogP contribution is -2.62. The van der Waals surface area contributed by atoms with E-state index in [0.717, 1.165) is 31.5 Å². The Morgan fingerprint density at radius 1 is 1.21 bits per heavy atom. The number of nitrogens with two attached hydrogens (primary N) is 1. The Bertz CT molecular complexity index is 937. The summed E-state index contributed by atoms with van der Waals surface area (Å²) in [4.78, 5) is 31.9. The molecule has 2 amide bonds. The number of halogens is 3. The molecule has 6 rings (SSSR count). The summed E-state index contributed by atoms with van der Waals surface area (Å²) in [6.07, 6.45) is 0.183. The molecule has 10 heteroatoms. The molecular formula is C23H29F3N4O3. The lowest BCUT2D eigenvalue weighted by Gasteiger charge is -2.61. The predicted molar refractivity (Wildman–Crippen MR) is 113 cm³/mol. The Balaban J connectivity index is 1.45. The van der Waals surface area contributed by atoms with Crippen LogP contribution in [-0.4, -0.2) is 52.7 Å². The number of carbonyl (C=O) groups is 2. The number of amides is 2. The van der Waals surface area contributed by atoms with E-state index >= 15 is 0 Å². The molecule has 4 saturated carbocycles. The number of rotatable bonds is 4. The number of pyridine rings is 1. The van der Waals surface area contributed by atoms with Crippen molar-refractivity contribution in [3.05, 3.63) is 23.9 Å². The number of carboxylic acid groups (broad SMARTS) is 1. The summed E-state index contributed by atoms with van der Waals surface area (Å²) in [5.74, 6) is 1.18. The molecular weight excluding hydrogens is 437 g/mol. The number of anilines is 1. The van der Waals surface area contributed by atoms with Gasteiger partial charge in [-0.3, -0.25) is 4.79 Å². The van der Waals surface area contributed by atoms with Gasteiger partial charge < -0.3 is 20.6 Å². The maximum Gasteiger partial charge on any atom is 0.417 e. The first-order chi connectivity index (χ1) is 15.5. The predicted octanol–water partition coefficient (Wildman–Crippen LogP) is 3.59. The zero-order chi connectivity index (χ0) is 23.7. The van der Waals surface area contributed by atoms with E-state index in [4.69, 9.17) is 5.73 Å². The molecule has 1 aromatic heterocycles. The van der Waals surface area contributed by atoms with Gasteiger partial charge in [0.2, 0.25) is 5.91 Å². The second-order valence-corrected chi connectivity index (χ2v) is 10.5. The minimum absolute atomic E-state index is 0.106. The summed E-state index contributed by atoms with van der Waals surface area (Å²) in [6, 6.07) is 1.87. The Morgan fingerprint density at radius 3 is 2.39 bits per heavy atom. The third-order valence-corrected chi connectivity index (χ3v) is 8.86. The van der Waals surface area contributed by atoms with E-state index in [2.05, 4.69) is 4.98 Å². The van der Waals surface area contributed by atoms with Gasteiger partial charge in [-0.15, -0.1) is 0 Å². The van der Waals surface area contributed by atoms with Crippen LogP contribution in [0.15, 0.2) is 18.3 Å². The molecule has 1 aliphatic heterocycles. The van der Waals surface area contributed by atoms with E-state index in [9.17, 15) is 27.9 Å². The first-order valence-corrected chi connectivity index (χ1v) is 11.6. The first kappa shape index (κ1) is 22.3. The quantitative estimate of drug-likeness (QED) is 0.707. The fourth-order valence-electron chi connectivity index (χ4n) is 7.76. The zero-order valence-corrected chi connectivity index (χ0v) is 18.5. The largest absolute Gasteiger partial charge is 0.465 e. The molecule has 0 radical (unpaired) electrons. The standard InChI is InChI=1S/C23H29F3N4O3/c1-29(17-3-2-15(11-28-17)23(24,25)26)16-4-5-30(21(32)33)19(16)18-13-6-12-7-14(18)10-22(8-12,9-13)20(27)31/h2-3,11-14,16,18-19H,4-10H2,1H3,(H2,27,31)(H,32,33)/t12?,13-,14+,16?,18?,19?,22?. The number of likely N-dealkylation sites (N-methyl/N-ethyl adjacent to an activating group) is 1. The van der Waals surface area contributed by atoms with E-state index in [-0.39, 0.29) is 35.7 Å². The van der Waals surface area contributed by atoms with Crippen molar-refractivity contribution in [1.82, 2.24) is 9.88 Å². The van der Waals surface area contributed by atoms with Gasteiger partial charge in [-0.2, -0.15) is 13.2 Å². The maximum absolute atomic E-state index is 13.0. The van der Waals surface area contributed by atoms with Crippen molar-refractivity contribution in [2.75, 3.05) is 18.5 Å². The highest BCUT2D eigenvalue weighted by molar-refractivity contribution is 5.81. The fraction of sp³-hybridized carbons (Fsp3) is 0.696. The van der Waals surface area contributed by atoms with Gasteiger partial charge in [-0.25, -0.2) is 9.78 Å². The summed E-state index contributed by atoms with van der Waals surface area (Å²) in [5, 5.41) is 9.97. The Kier molecular flexibility index (Phi) is 5.06. The van der Waals surface area contributed by atoms with Gasteiger partial charge in [0.1, 0.15) is 5.82 Å². The highest BCUT2D eigenvalue weighted by Gasteiger charge is 2.61. The number of alkyl halides is 3. The molecule has 4 aliphatic carbocycles. The van der Waals surface area contributed by atoms with E-state index < -0.39 is 23.2 Å². The molecule has 1 saturated heterocycles. The molecule has 2 heterocycles. The number of primary amides is 1. The van der Waals surface area contributed by atoms with Gasteiger partial charge >= 0.3 is 12.3 Å². The van der Waals surface area contributed by atoms with Crippen LogP contribution in [0.2, 0.25) is 0 Å². The minimum atomic E-state index is -4.46. The van der Waals surface area contributed by atoms with Crippen molar-refractivity contribution in [3.8, 4) is 0 Å². The van der Waals surface area contributed by atoms with Crippen LogP contribution in [0.1, 0.15) is 44.1 Å². The Morgan fingerprint density at radius 2 is 1.88 bits per heavy atom. The highest BCUT2D eigenvalue weighted by atomic mass is 19.4. The summed E-state index contributed by atoms with van der Waals surface area (Å²) in [5.41, 5.74) is 4.55. The zero-order valence-electron chi connectivity index (χ0n) is 18.5. The molecule has 3 N–H and O–H groups in total. The molecule has 0 spiro atoms. The third kappa shape index (κ3) is 3.52. The van der Waals surface area contributed by atoms with Crippen LogP contribution in [-0.2, 0) is 11.0 Å². The maximum atomic E-state index is 13.0. The van der Waals surface area contributed by atoms with Crippen molar-refractivity contribution in [2.24, 2.45) is 34.8 Å². The smallest absolute Gasteiger partial charge is 0.417 e. The molecule has 33 heavy (non-hydrogen) atoms. The summed E-state index contributed by atoms with van der Waals surface area (Å²) < 4.78 is 38.9. The number of nitrogens with zero attached hydrogens (tertiary/aromatic N) is 3. The van der Waals surface area contributed by atoms with Crippen LogP contribution in [0.4, 0.5) is 23.8 Å². The van der Waals surface area contributed by atoms with Crippen LogP contribution >= 0.6 is 0 Å². The third-order valence-electron chi connectivity index (χ3n) is 8.86. The number of hydrogen-bond acceptors (Lipinski definition) is 4. The van der Waals surface area contributed by atoms with Crippen LogP contribution < -0.4 is 10.6 Å². The summed E-state index contributed by atoms with van der Waals surface area (Å²) >= 11 is 0. The molecule has 5 fully saturated rings. The number of aromatic nitrogens is 1. The van der Waals surface area contributed by atoms with Gasteiger partial charge in [0.05, 0.1) is 17.6 Å². The summed E-state index contributed by atoms with van der Waals surface area (Å²) in [6.45, 7) is 0.371. The lowest BCUT2D eigenvalue weighted by molar-refractivity contribution is -0.154. The second-order valence-electron chi connectivity index (χ2n) is 10.5. The normalized spacial score (nSPS) is 37.4. The molecule has 7 nitrogen and oxygen atoms in total. The van der Waals surface area contributed by atoms with Gasteiger partial charge in [0, 0.05) is 25.2 Å². The first-order valence-electron chi connectivity index (χ1n) is 11.6.